The second kappa shape index (κ2) is 25.6. The highest BCUT2D eigenvalue weighted by molar-refractivity contribution is 7.10. The van der Waals surface area contributed by atoms with Crippen LogP contribution in [0, 0.1) is 0 Å². The average Bonchev–Trinajstić information content (AvgIpc) is 0.691. The van der Waals surface area contributed by atoms with Gasteiger partial charge in [0.2, 0.25) is 0 Å². The number of aromatic hydroxyl groups is 2. The fourth-order valence-electron chi connectivity index (χ4n) is 11.9. The Kier molecular flexibility index (Phi) is 17.5. The van der Waals surface area contributed by atoms with E-state index in [9.17, 15) is 15.0 Å². The number of phenols is 2. The molecule has 0 radical (unpaired) electrons. The van der Waals surface area contributed by atoms with Gasteiger partial charge >= 0.3 is 88.0 Å². The molecule has 4 heterocycles. The summed E-state index contributed by atoms with van der Waals surface area (Å²) < 4.78 is 109. The van der Waals surface area contributed by atoms with Crippen LogP contribution < -0.4 is 41.5 Å². The fraction of sp³-hybridized carbons (Fsp3) is 0.0909. The second-order valence-electron chi connectivity index (χ2n) is 23.2. The van der Waals surface area contributed by atoms with Crippen molar-refractivity contribution >= 4 is 130 Å². The third kappa shape index (κ3) is 12.7. The van der Waals surface area contributed by atoms with E-state index in [0.717, 1.165) is 11.1 Å². The minimum absolute atomic E-state index is 0.107. The zero-order chi connectivity index (χ0) is 63.0. The molecule has 26 heteroatoms. The number of benzene rings is 10. The molecule has 0 amide bonds. The number of rotatable bonds is 14. The topological polar surface area (TPSA) is 181 Å². The van der Waals surface area contributed by atoms with Crippen LogP contribution in [0.3, 0.4) is 0 Å². The number of phenolic OH excluding ortho intramolecular Hbond substituents is 2. The van der Waals surface area contributed by atoms with Gasteiger partial charge in [-0.05, 0) is 78.6 Å². The molecular weight excluding hydrogens is 1330 g/mol. The Morgan fingerprint density at radius 2 is 0.522 bits per heavy atom. The summed E-state index contributed by atoms with van der Waals surface area (Å²) in [6.07, 6.45) is 0.711. The van der Waals surface area contributed by atoms with Gasteiger partial charge in [0.05, 0.1) is 0 Å². The molecule has 0 aliphatic carbocycles. The first kappa shape index (κ1) is 62.8. The van der Waals surface area contributed by atoms with Crippen LogP contribution in [0.15, 0.2) is 291 Å². The van der Waals surface area contributed by atoms with Crippen LogP contribution in [-0.4, -0.2) is 103 Å². The third-order valence-corrected chi connectivity index (χ3v) is 57.5. The van der Waals surface area contributed by atoms with E-state index < -0.39 is 88.0 Å². The largest absolute Gasteiger partial charge is 0.518 e. The van der Waals surface area contributed by atoms with Gasteiger partial charge in [-0.25, -0.2) is 0 Å². The molecular formula is C66H66O16Si10. The maximum Gasteiger partial charge on any atom is 0.518 e. The fourth-order valence-corrected chi connectivity index (χ4v) is 64.1. The number of fused-ring (bicyclic) bond motifs is 6. The minimum atomic E-state index is -5.44. The highest BCUT2D eigenvalue weighted by Crippen LogP contribution is 2.44. The first-order valence-corrected chi connectivity index (χ1v) is 49.1. The number of hydrogen-bond acceptors (Lipinski definition) is 16. The van der Waals surface area contributed by atoms with Gasteiger partial charge in [0.15, 0.2) is 0 Å². The first-order chi connectivity index (χ1) is 44.6. The van der Waals surface area contributed by atoms with Crippen molar-refractivity contribution in [1.82, 2.24) is 0 Å². The summed E-state index contributed by atoms with van der Waals surface area (Å²) >= 11 is 0. The standard InChI is InChI=1S/C66H66O16Si10/c1-84(53-51-55-43-47-57(67)48-44-55)72-86(69,60-29-13-4-14-30-60)76-91(65-39-23-9-24-40-65)77-87(61-31-15-5-16-32-61)70-83(59-27-11-3-12-28-59)71-88(62-33-17-6-18-34-62)78-89(74-84,63-35-19-7-20-36-63)80-92(82-91,66-41-25-10-26-42-66)81-90(79-88,64-37-21-8-22-38-64)75-85(2,73-87)54-52-56-45-49-58(68)50-46-56/h3-50,67-69,83H,51-54H2,1-2H3. The Hall–Kier alpha value is -6.59. The Labute approximate surface area is 546 Å². The van der Waals surface area contributed by atoms with Crippen LogP contribution in [-0.2, 0) is 66.3 Å². The lowest BCUT2D eigenvalue weighted by atomic mass is 10.2. The van der Waals surface area contributed by atoms with Gasteiger partial charge in [-0.3, -0.25) is 0 Å². The summed E-state index contributed by atoms with van der Waals surface area (Å²) in [5, 5.41) is 25.0. The molecule has 92 heavy (non-hydrogen) atoms. The Morgan fingerprint density at radius 3 is 0.870 bits per heavy atom. The highest BCUT2D eigenvalue weighted by atomic mass is 28.6. The molecule has 14 rings (SSSR count). The molecule has 4 aliphatic rings. The summed E-state index contributed by atoms with van der Waals surface area (Å²) in [7, 11) is -48.9. The van der Waals surface area contributed by atoms with Crippen LogP contribution in [0.5, 0.6) is 11.5 Å². The Morgan fingerprint density at radius 1 is 0.272 bits per heavy atom. The van der Waals surface area contributed by atoms with Crippen molar-refractivity contribution in [2.24, 2.45) is 0 Å². The molecule has 0 aromatic heterocycles. The lowest BCUT2D eigenvalue weighted by molar-refractivity contribution is 0.0536. The van der Waals surface area contributed by atoms with Crippen LogP contribution in [0.1, 0.15) is 11.1 Å². The summed E-state index contributed by atoms with van der Waals surface area (Å²) in [5.74, 6) is 0.226. The number of hydrogen-bond donors (Lipinski definition) is 3. The van der Waals surface area contributed by atoms with Gasteiger partial charge in [-0.15, -0.1) is 0 Å². The van der Waals surface area contributed by atoms with E-state index in [1.807, 2.05) is 268 Å². The van der Waals surface area contributed by atoms with Crippen molar-refractivity contribution < 1.29 is 68.5 Å². The smallest absolute Gasteiger partial charge is 0.508 e. The predicted octanol–water partition coefficient (Wildman–Crippen LogP) is 6.34. The van der Waals surface area contributed by atoms with Gasteiger partial charge in [0, 0.05) is 36.3 Å². The zero-order valence-corrected chi connectivity index (χ0v) is 60.4. The van der Waals surface area contributed by atoms with Crippen molar-refractivity contribution in [3.63, 3.8) is 0 Å². The Balaban J connectivity index is 1.20. The van der Waals surface area contributed by atoms with Gasteiger partial charge in [-0.2, -0.15) is 0 Å². The van der Waals surface area contributed by atoms with Crippen molar-refractivity contribution in [2.75, 3.05) is 0 Å². The lowest BCUT2D eigenvalue weighted by Gasteiger charge is -2.57. The van der Waals surface area contributed by atoms with E-state index in [0.29, 0.717) is 54.3 Å². The van der Waals surface area contributed by atoms with Crippen LogP contribution in [0.25, 0.3) is 0 Å². The third-order valence-electron chi connectivity index (χ3n) is 16.4. The van der Waals surface area contributed by atoms with Crippen LogP contribution in [0.2, 0.25) is 25.2 Å². The van der Waals surface area contributed by atoms with Crippen molar-refractivity contribution in [1.29, 1.82) is 0 Å². The maximum atomic E-state index is 14.9. The quantitative estimate of drug-likeness (QED) is 0.103. The molecule has 10 aromatic rings. The van der Waals surface area contributed by atoms with E-state index in [4.69, 9.17) is 53.5 Å². The molecule has 466 valence electrons. The van der Waals surface area contributed by atoms with Gasteiger partial charge in [-0.1, -0.05) is 267 Å². The maximum absolute atomic E-state index is 14.9. The monoisotopic (exact) mass is 1390 g/mol. The molecule has 4 fully saturated rings. The highest BCUT2D eigenvalue weighted by Gasteiger charge is 2.79. The van der Waals surface area contributed by atoms with Gasteiger partial charge in [0.1, 0.15) is 11.5 Å². The molecule has 0 saturated carbocycles. The predicted molar refractivity (Wildman–Crippen MR) is 369 cm³/mol. The molecule has 10 unspecified atom stereocenters. The summed E-state index contributed by atoms with van der Waals surface area (Å²) in [4.78, 5) is 14.9. The van der Waals surface area contributed by atoms with E-state index >= 15 is 0 Å². The van der Waals surface area contributed by atoms with Gasteiger partial charge in [0.25, 0.3) is 0 Å². The van der Waals surface area contributed by atoms with E-state index in [2.05, 4.69) is 0 Å². The lowest BCUT2D eigenvalue weighted by Crippen LogP contribution is -2.89. The van der Waals surface area contributed by atoms with Crippen molar-refractivity contribution in [2.45, 2.75) is 38.0 Å². The molecule has 10 atom stereocenters. The van der Waals surface area contributed by atoms with Gasteiger partial charge < -0.3 is 68.5 Å². The summed E-state index contributed by atoms with van der Waals surface area (Å²) in [6, 6.07) is 90.3. The van der Waals surface area contributed by atoms with Crippen molar-refractivity contribution in [3.8, 4) is 11.5 Å². The molecule has 10 aromatic carbocycles. The van der Waals surface area contributed by atoms with E-state index in [1.54, 1.807) is 36.4 Å². The minimum Gasteiger partial charge on any atom is -0.508 e. The average molecular weight is 1400 g/mol. The van der Waals surface area contributed by atoms with Crippen molar-refractivity contribution in [3.05, 3.63) is 302 Å². The van der Waals surface area contributed by atoms with Crippen LogP contribution >= 0.6 is 0 Å². The summed E-state index contributed by atoms with van der Waals surface area (Å²) in [5.41, 5.74) is 1.74. The normalized spacial score (nSPS) is 30.5. The molecule has 4 aliphatic heterocycles. The molecule has 16 nitrogen and oxygen atoms in total. The zero-order valence-electron chi connectivity index (χ0n) is 50.3. The van der Waals surface area contributed by atoms with E-state index in [-0.39, 0.29) is 23.6 Å². The van der Waals surface area contributed by atoms with E-state index in [1.165, 1.54) is 0 Å². The molecule has 4 saturated heterocycles. The number of aryl methyl sites for hydroxylation is 2. The molecule has 3 N–H and O–H groups in total. The SMILES string of the molecule is C[Si]1(CCc2ccc(O)cc2)O[Si](O)(c2ccccc2)O[Si]2(c3ccccc3)O[Si]3(c4ccccc4)O[SiH](c4ccccc4)O[Si]4(c5ccccc5)O[Si](c5ccccc5)(O1)O[Si](c1ccccc1)(O[Si](c1ccccc1)(O[Si](C)(CCc1ccc(O)cc1)O3)O4)O2. The summed E-state index contributed by atoms with van der Waals surface area (Å²) in [6.45, 7) is 3.89. The molecule has 6 bridgehead atoms. The Bertz CT molecular complexity index is 4070. The van der Waals surface area contributed by atoms with Crippen LogP contribution in [0.4, 0.5) is 0 Å². The molecule has 0 spiro atoms. The first-order valence-electron chi connectivity index (χ1n) is 30.4. The second-order valence-corrected chi connectivity index (χ2v) is 52.8.